The molecular formula is C56H68N6O6S2+2. The second-order valence-electron chi connectivity index (χ2n) is 16.2. The summed E-state index contributed by atoms with van der Waals surface area (Å²) in [5.74, 6) is -0.219. The fourth-order valence-electron chi connectivity index (χ4n) is 8.32. The van der Waals surface area contributed by atoms with Gasteiger partial charge in [0.2, 0.25) is 24.1 Å². The van der Waals surface area contributed by atoms with Crippen LogP contribution in [0.15, 0.2) is 115 Å². The molecule has 0 bridgehead atoms. The van der Waals surface area contributed by atoms with E-state index in [2.05, 4.69) is 48.1 Å². The summed E-state index contributed by atoms with van der Waals surface area (Å²) in [4.78, 5) is 57.1. The van der Waals surface area contributed by atoms with Crippen molar-refractivity contribution in [2.24, 2.45) is 0 Å². The van der Waals surface area contributed by atoms with Gasteiger partial charge >= 0.3 is 11.3 Å². The topological polar surface area (TPSA) is 133 Å². The van der Waals surface area contributed by atoms with Crippen LogP contribution in [0.3, 0.4) is 0 Å². The van der Waals surface area contributed by atoms with E-state index in [1.807, 2.05) is 118 Å². The lowest BCUT2D eigenvalue weighted by Crippen LogP contribution is -2.44. The van der Waals surface area contributed by atoms with Crippen molar-refractivity contribution in [3.8, 4) is 0 Å². The molecule has 0 radical (unpaired) electrons. The van der Waals surface area contributed by atoms with Crippen LogP contribution in [0.5, 0.6) is 0 Å². The summed E-state index contributed by atoms with van der Waals surface area (Å²) in [7, 11) is 0. The van der Waals surface area contributed by atoms with Crippen molar-refractivity contribution < 1.29 is 27.6 Å². The average Bonchev–Trinajstić information content (AvgIpc) is 3.87. The third-order valence-electron chi connectivity index (χ3n) is 11.9. The van der Waals surface area contributed by atoms with E-state index in [0.29, 0.717) is 35.4 Å². The fourth-order valence-corrected chi connectivity index (χ4v) is 10.4. The Morgan fingerprint density at radius 1 is 0.543 bits per heavy atom. The molecule has 2 amide bonds. The van der Waals surface area contributed by atoms with Gasteiger partial charge in [-0.3, -0.25) is 9.59 Å². The van der Waals surface area contributed by atoms with Gasteiger partial charge in [-0.25, -0.2) is 9.59 Å². The van der Waals surface area contributed by atoms with Crippen molar-refractivity contribution in [2.45, 2.75) is 82.3 Å². The lowest BCUT2D eigenvalue weighted by molar-refractivity contribution is -0.656. The Bertz CT molecular complexity index is 3030. The zero-order chi connectivity index (χ0) is 46.9. The second kappa shape index (κ2) is 25.1. The fraction of sp³-hybridized carbons (Fsp3) is 0.321. The number of rotatable bonds is 20. The van der Waals surface area contributed by atoms with Crippen LogP contribution in [-0.2, 0) is 22.7 Å². The van der Waals surface area contributed by atoms with Crippen molar-refractivity contribution in [3.63, 3.8) is 0 Å². The first-order chi connectivity index (χ1) is 32.7. The predicted octanol–water partition coefficient (Wildman–Crippen LogP) is 10.9. The monoisotopic (exact) mass is 984 g/mol. The molecule has 4 heterocycles. The van der Waals surface area contributed by atoms with Crippen molar-refractivity contribution in [1.29, 1.82) is 0 Å². The van der Waals surface area contributed by atoms with Gasteiger partial charge in [0.15, 0.2) is 0 Å². The SMILES string of the molecule is C.C.C.CCN(CC)c1ccc2cc(/C=C/c3sc4ccccc4[n+]3CC(=O)NCCCCCNC(=O)C[n+]3c(/C=C/c4cc5ccc(N(CC)CC)cc5oc4=O)sc4ccccc43)c(=O)oc2c1. The molecule has 0 aliphatic heterocycles. The maximum Gasteiger partial charge on any atom is 0.343 e. The van der Waals surface area contributed by atoms with E-state index in [1.165, 1.54) is 0 Å². The number of unbranched alkanes of at least 4 members (excludes halogenated alkanes) is 2. The number of carbonyl (C=O) groups is 2. The number of fused-ring (bicyclic) bond motifs is 4. The van der Waals surface area contributed by atoms with Crippen LogP contribution in [0, 0.1) is 0 Å². The van der Waals surface area contributed by atoms with E-state index in [1.54, 1.807) is 34.8 Å². The van der Waals surface area contributed by atoms with Gasteiger partial charge in [-0.05, 0) is 108 Å². The van der Waals surface area contributed by atoms with Gasteiger partial charge in [0.05, 0.1) is 11.1 Å². The van der Waals surface area contributed by atoms with Crippen molar-refractivity contribution in [3.05, 3.63) is 139 Å². The van der Waals surface area contributed by atoms with Crippen molar-refractivity contribution >= 4 is 113 Å². The Morgan fingerprint density at radius 3 is 1.34 bits per heavy atom. The minimum absolute atomic E-state index is 0. The third kappa shape index (κ3) is 12.5. The molecule has 4 aromatic heterocycles. The van der Waals surface area contributed by atoms with Crippen LogP contribution in [0.1, 0.15) is 90.4 Å². The Kier molecular flexibility index (Phi) is 19.4. The van der Waals surface area contributed by atoms with Crippen LogP contribution in [0.4, 0.5) is 11.4 Å². The van der Waals surface area contributed by atoms with Gasteiger partial charge in [-0.15, -0.1) is 0 Å². The summed E-state index contributed by atoms with van der Waals surface area (Å²) in [6, 6.07) is 31.4. The van der Waals surface area contributed by atoms with Gasteiger partial charge in [0.1, 0.15) is 20.6 Å². The highest BCUT2D eigenvalue weighted by Gasteiger charge is 2.23. The normalized spacial score (nSPS) is 11.3. The highest BCUT2D eigenvalue weighted by Crippen LogP contribution is 2.26. The number of aromatic nitrogens is 2. The first-order valence-corrected chi connectivity index (χ1v) is 24.7. The largest absolute Gasteiger partial charge is 0.422 e. The minimum Gasteiger partial charge on any atom is -0.422 e. The lowest BCUT2D eigenvalue weighted by atomic mass is 10.1. The van der Waals surface area contributed by atoms with Crippen LogP contribution in [0.25, 0.3) is 66.7 Å². The smallest absolute Gasteiger partial charge is 0.343 e. The highest BCUT2D eigenvalue weighted by atomic mass is 32.1. The molecule has 0 fully saturated rings. The van der Waals surface area contributed by atoms with Crippen LogP contribution >= 0.6 is 22.7 Å². The quantitative estimate of drug-likeness (QED) is 0.0438. The number of anilines is 2. The van der Waals surface area contributed by atoms with E-state index in [4.69, 9.17) is 8.83 Å². The standard InChI is InChI=1S/C53H54N6O6S2.3CH4/c1-5-56(6-2)40-24-20-36-30-38(52(62)64-44(36)32-40)22-26-50-58(42-16-10-12-18-46(42)66-50)34-48(60)54-28-14-9-15-29-55-49(61)35-59-43-17-11-13-19-47(43)67-51(59)27-23-39-31-37-21-25-41(57(7-3)8-4)33-45(37)65-53(39)63;;;/h10-13,16-27,30-33H,5-9,14-15,28-29,34-35H2,1-4H3;3*1H4/p+2. The summed E-state index contributed by atoms with van der Waals surface area (Å²) >= 11 is 3.11. The summed E-state index contributed by atoms with van der Waals surface area (Å²) < 4.78 is 17.5. The van der Waals surface area contributed by atoms with Gasteiger partial charge in [-0.2, -0.15) is 9.13 Å². The molecule has 4 aromatic carbocycles. The first-order valence-electron chi connectivity index (χ1n) is 23.0. The maximum absolute atomic E-state index is 13.3. The van der Waals surface area contributed by atoms with Crippen molar-refractivity contribution in [1.82, 2.24) is 10.6 Å². The molecule has 12 nitrogen and oxygen atoms in total. The first kappa shape index (κ1) is 54.0. The van der Waals surface area contributed by atoms with Gasteiger partial charge in [0.25, 0.3) is 21.8 Å². The Hall–Kier alpha value is -6.90. The lowest BCUT2D eigenvalue weighted by Gasteiger charge is -2.20. The molecule has 0 saturated carbocycles. The van der Waals surface area contributed by atoms with E-state index in [-0.39, 0.29) is 47.2 Å². The Morgan fingerprint density at radius 2 is 0.943 bits per heavy atom. The van der Waals surface area contributed by atoms with Crippen LogP contribution in [-0.4, -0.2) is 51.1 Å². The zero-order valence-corrected chi connectivity index (χ0v) is 40.0. The van der Waals surface area contributed by atoms with E-state index < -0.39 is 11.3 Å². The molecule has 70 heavy (non-hydrogen) atoms. The molecule has 2 N–H and O–H groups in total. The predicted molar refractivity (Wildman–Crippen MR) is 294 cm³/mol. The summed E-state index contributed by atoms with van der Waals surface area (Å²) in [6.45, 7) is 13.1. The molecule has 8 rings (SSSR count). The number of nitrogens with zero attached hydrogens (tertiary/aromatic N) is 4. The molecule has 368 valence electrons. The number of nitrogens with one attached hydrogen (secondary N) is 2. The number of hydrogen-bond acceptors (Lipinski definition) is 10. The number of hydrogen-bond donors (Lipinski definition) is 2. The van der Waals surface area contributed by atoms with Crippen LogP contribution < -0.4 is 40.8 Å². The molecule has 0 unspecified atom stereocenters. The molecule has 0 saturated heterocycles. The molecule has 0 aliphatic rings. The second-order valence-corrected chi connectivity index (χ2v) is 18.3. The maximum atomic E-state index is 13.3. The van der Waals surface area contributed by atoms with Gasteiger partial charge in [0, 0.05) is 97.8 Å². The Labute approximate surface area is 419 Å². The number of thiazole rings is 2. The summed E-state index contributed by atoms with van der Waals surface area (Å²) in [5.41, 5.74) is 5.02. The number of benzene rings is 4. The zero-order valence-electron chi connectivity index (χ0n) is 38.4. The molecule has 0 spiro atoms. The van der Waals surface area contributed by atoms with E-state index >= 15 is 0 Å². The third-order valence-corrected chi connectivity index (χ3v) is 14.2. The molecule has 14 heteroatoms. The van der Waals surface area contributed by atoms with Crippen LogP contribution in [0.2, 0.25) is 0 Å². The van der Waals surface area contributed by atoms with E-state index in [0.717, 1.165) is 98.0 Å². The molecular weight excluding hydrogens is 917 g/mol. The average molecular weight is 985 g/mol. The number of carbonyl (C=O) groups excluding carboxylic acids is 2. The molecule has 0 atom stereocenters. The van der Waals surface area contributed by atoms with Gasteiger partial charge < -0.3 is 29.3 Å². The summed E-state index contributed by atoms with van der Waals surface area (Å²) in [5, 5.41) is 9.48. The number of para-hydroxylation sites is 2. The minimum atomic E-state index is -0.418. The van der Waals surface area contributed by atoms with E-state index in [9.17, 15) is 19.2 Å². The molecule has 0 aliphatic carbocycles. The van der Waals surface area contributed by atoms with Crippen molar-refractivity contribution in [2.75, 3.05) is 49.1 Å². The Balaban J connectivity index is 0.00000304. The highest BCUT2D eigenvalue weighted by molar-refractivity contribution is 7.19. The van der Waals surface area contributed by atoms with Gasteiger partial charge in [-0.1, -0.05) is 69.2 Å². The summed E-state index contributed by atoms with van der Waals surface area (Å²) in [6.07, 6.45) is 9.61. The number of amides is 2. The molecule has 8 aromatic rings.